The first-order valence-corrected chi connectivity index (χ1v) is 5.49. The third-order valence-electron chi connectivity index (χ3n) is 2.38. The second-order valence-corrected chi connectivity index (χ2v) is 3.77. The number of hydrogen-bond donors (Lipinski definition) is 1. The molecule has 1 aromatic rings. The van der Waals surface area contributed by atoms with Crippen LogP contribution in [0.15, 0.2) is 6.07 Å². The van der Waals surface area contributed by atoms with Crippen molar-refractivity contribution in [2.24, 2.45) is 5.73 Å². The number of hydrogen-bond acceptors (Lipinski definition) is 3. The van der Waals surface area contributed by atoms with Crippen molar-refractivity contribution >= 4 is 0 Å². The zero-order chi connectivity index (χ0) is 11.3. The lowest BCUT2D eigenvalue weighted by Gasteiger charge is -2.12. The first kappa shape index (κ1) is 12.0. The van der Waals surface area contributed by atoms with E-state index in [1.807, 2.05) is 19.9 Å². The SMILES string of the molecule is CCCCOc1nc(C)cc(C)c1CN. The molecule has 3 nitrogen and oxygen atoms in total. The Bertz CT molecular complexity index is 324. The van der Waals surface area contributed by atoms with Gasteiger partial charge in [0.05, 0.1) is 6.61 Å². The largest absolute Gasteiger partial charge is 0.477 e. The summed E-state index contributed by atoms with van der Waals surface area (Å²) in [5.74, 6) is 0.712. The molecule has 1 heterocycles. The topological polar surface area (TPSA) is 48.1 Å². The van der Waals surface area contributed by atoms with Crippen LogP contribution in [0.25, 0.3) is 0 Å². The van der Waals surface area contributed by atoms with E-state index in [1.54, 1.807) is 0 Å². The lowest BCUT2D eigenvalue weighted by Crippen LogP contribution is -2.08. The average molecular weight is 208 g/mol. The number of nitrogens with zero attached hydrogens (tertiary/aromatic N) is 1. The fraction of sp³-hybridized carbons (Fsp3) is 0.583. The zero-order valence-corrected chi connectivity index (χ0v) is 9.84. The number of aryl methyl sites for hydroxylation is 2. The molecule has 0 saturated carbocycles. The van der Waals surface area contributed by atoms with Gasteiger partial charge in [0, 0.05) is 17.8 Å². The molecule has 0 unspecified atom stereocenters. The number of nitrogens with two attached hydrogens (primary N) is 1. The molecule has 0 spiro atoms. The minimum Gasteiger partial charge on any atom is -0.477 e. The molecule has 15 heavy (non-hydrogen) atoms. The van der Waals surface area contributed by atoms with Gasteiger partial charge in [-0.1, -0.05) is 13.3 Å². The van der Waals surface area contributed by atoms with Crippen LogP contribution in [0, 0.1) is 13.8 Å². The predicted molar refractivity (Wildman–Crippen MR) is 62.0 cm³/mol. The van der Waals surface area contributed by atoms with Gasteiger partial charge in [-0.3, -0.25) is 0 Å². The molecule has 1 aromatic heterocycles. The first-order chi connectivity index (χ1) is 7.19. The third-order valence-corrected chi connectivity index (χ3v) is 2.38. The van der Waals surface area contributed by atoms with Gasteiger partial charge in [-0.15, -0.1) is 0 Å². The molecule has 0 saturated heterocycles. The number of ether oxygens (including phenoxy) is 1. The normalized spacial score (nSPS) is 10.4. The van der Waals surface area contributed by atoms with Crippen LogP contribution < -0.4 is 10.5 Å². The lowest BCUT2D eigenvalue weighted by atomic mass is 10.1. The van der Waals surface area contributed by atoms with E-state index in [-0.39, 0.29) is 0 Å². The zero-order valence-electron chi connectivity index (χ0n) is 9.84. The number of pyridine rings is 1. The van der Waals surface area contributed by atoms with E-state index in [4.69, 9.17) is 10.5 Å². The van der Waals surface area contributed by atoms with Crippen molar-refractivity contribution in [2.75, 3.05) is 6.61 Å². The number of rotatable bonds is 5. The van der Waals surface area contributed by atoms with Gasteiger partial charge < -0.3 is 10.5 Å². The van der Waals surface area contributed by atoms with Crippen LogP contribution in [0.5, 0.6) is 5.88 Å². The van der Waals surface area contributed by atoms with Crippen LogP contribution in [0.4, 0.5) is 0 Å². The van der Waals surface area contributed by atoms with Gasteiger partial charge in [-0.2, -0.15) is 0 Å². The van der Waals surface area contributed by atoms with Crippen molar-refractivity contribution in [3.63, 3.8) is 0 Å². The third kappa shape index (κ3) is 3.20. The fourth-order valence-electron chi connectivity index (χ4n) is 1.51. The summed E-state index contributed by atoms with van der Waals surface area (Å²) in [6.07, 6.45) is 2.18. The predicted octanol–water partition coefficient (Wildman–Crippen LogP) is 2.34. The van der Waals surface area contributed by atoms with Crippen LogP contribution in [-0.4, -0.2) is 11.6 Å². The molecular formula is C12H20N2O. The fourth-order valence-corrected chi connectivity index (χ4v) is 1.51. The molecule has 84 valence electrons. The minimum atomic E-state index is 0.487. The van der Waals surface area contributed by atoms with Crippen LogP contribution in [0.2, 0.25) is 0 Å². The van der Waals surface area contributed by atoms with Gasteiger partial charge in [-0.25, -0.2) is 4.98 Å². The summed E-state index contributed by atoms with van der Waals surface area (Å²) >= 11 is 0. The minimum absolute atomic E-state index is 0.487. The smallest absolute Gasteiger partial charge is 0.218 e. The van der Waals surface area contributed by atoms with Gasteiger partial charge >= 0.3 is 0 Å². The Morgan fingerprint density at radius 3 is 2.73 bits per heavy atom. The van der Waals surface area contributed by atoms with E-state index < -0.39 is 0 Å². The highest BCUT2D eigenvalue weighted by molar-refractivity contribution is 5.35. The van der Waals surface area contributed by atoms with Crippen LogP contribution in [0.3, 0.4) is 0 Å². The Morgan fingerprint density at radius 2 is 2.13 bits per heavy atom. The summed E-state index contributed by atoms with van der Waals surface area (Å²) in [5, 5.41) is 0. The summed E-state index contributed by atoms with van der Waals surface area (Å²) in [6.45, 7) is 7.37. The summed E-state index contributed by atoms with van der Waals surface area (Å²) in [6, 6.07) is 2.04. The Kier molecular flexibility index (Phi) is 4.56. The van der Waals surface area contributed by atoms with E-state index in [9.17, 15) is 0 Å². The molecule has 3 heteroatoms. The van der Waals surface area contributed by atoms with Crippen LogP contribution in [0.1, 0.15) is 36.6 Å². The van der Waals surface area contributed by atoms with E-state index in [2.05, 4.69) is 11.9 Å². The number of unbranched alkanes of at least 4 members (excludes halogenated alkanes) is 1. The highest BCUT2D eigenvalue weighted by Crippen LogP contribution is 2.20. The van der Waals surface area contributed by atoms with Gasteiger partial charge in [0.25, 0.3) is 0 Å². The van der Waals surface area contributed by atoms with E-state index >= 15 is 0 Å². The van der Waals surface area contributed by atoms with Crippen molar-refractivity contribution < 1.29 is 4.74 Å². The maximum absolute atomic E-state index is 5.69. The lowest BCUT2D eigenvalue weighted by molar-refractivity contribution is 0.293. The maximum atomic E-state index is 5.69. The second kappa shape index (κ2) is 5.71. The molecule has 0 amide bonds. The average Bonchev–Trinajstić information content (AvgIpc) is 2.17. The molecule has 0 aliphatic heterocycles. The van der Waals surface area contributed by atoms with Crippen molar-refractivity contribution in [3.05, 3.63) is 22.9 Å². The van der Waals surface area contributed by atoms with Crippen molar-refractivity contribution in [1.82, 2.24) is 4.98 Å². The quantitative estimate of drug-likeness (QED) is 0.755. The van der Waals surface area contributed by atoms with Gasteiger partial charge in [0.1, 0.15) is 0 Å². The van der Waals surface area contributed by atoms with E-state index in [0.29, 0.717) is 12.4 Å². The molecule has 0 aromatic carbocycles. The van der Waals surface area contributed by atoms with Crippen molar-refractivity contribution in [1.29, 1.82) is 0 Å². The molecule has 1 rings (SSSR count). The monoisotopic (exact) mass is 208 g/mol. The molecular weight excluding hydrogens is 188 g/mol. The molecule has 2 N–H and O–H groups in total. The van der Waals surface area contributed by atoms with Gasteiger partial charge in [0.15, 0.2) is 0 Å². The second-order valence-electron chi connectivity index (χ2n) is 3.77. The molecule has 0 radical (unpaired) electrons. The molecule has 0 aliphatic carbocycles. The van der Waals surface area contributed by atoms with Crippen LogP contribution >= 0.6 is 0 Å². The Morgan fingerprint density at radius 1 is 1.40 bits per heavy atom. The van der Waals surface area contributed by atoms with E-state index in [1.165, 1.54) is 0 Å². The Labute approximate surface area is 91.7 Å². The highest BCUT2D eigenvalue weighted by Gasteiger charge is 2.08. The van der Waals surface area contributed by atoms with E-state index in [0.717, 1.165) is 36.3 Å². The van der Waals surface area contributed by atoms with Gasteiger partial charge in [-0.05, 0) is 31.9 Å². The Balaban J connectivity index is 2.84. The van der Waals surface area contributed by atoms with Gasteiger partial charge in [0.2, 0.25) is 5.88 Å². The summed E-state index contributed by atoms with van der Waals surface area (Å²) in [4.78, 5) is 4.37. The first-order valence-electron chi connectivity index (χ1n) is 5.49. The summed E-state index contributed by atoms with van der Waals surface area (Å²) < 4.78 is 5.64. The van der Waals surface area contributed by atoms with Crippen molar-refractivity contribution in [3.8, 4) is 5.88 Å². The molecule has 0 fully saturated rings. The molecule has 0 atom stereocenters. The molecule has 0 aliphatic rings. The summed E-state index contributed by atoms with van der Waals surface area (Å²) in [7, 11) is 0. The van der Waals surface area contributed by atoms with Crippen LogP contribution in [-0.2, 0) is 6.54 Å². The van der Waals surface area contributed by atoms with Crippen molar-refractivity contribution in [2.45, 2.75) is 40.2 Å². The molecule has 0 bridgehead atoms. The Hall–Kier alpha value is -1.09. The standard InChI is InChI=1S/C12H20N2O/c1-4-5-6-15-12-11(8-13)9(2)7-10(3)14-12/h7H,4-6,8,13H2,1-3H3. The summed E-state index contributed by atoms with van der Waals surface area (Å²) in [5.41, 5.74) is 8.86. The maximum Gasteiger partial charge on any atom is 0.218 e. The highest BCUT2D eigenvalue weighted by atomic mass is 16.5. The number of aromatic nitrogens is 1.